The molecule has 7 heteroatoms. The SMILES string of the molecule is Cc1cc(NC(=O)CC(C)C)n(-c2nc(C)c(C)c(=O)[nH]2)n1. The first-order valence-corrected chi connectivity index (χ1v) is 7.22. The molecule has 2 N–H and O–H groups in total. The normalized spacial score (nSPS) is 11.0. The number of amides is 1. The number of hydrogen-bond acceptors (Lipinski definition) is 4. The molecule has 0 unspecified atom stereocenters. The molecule has 118 valence electrons. The minimum Gasteiger partial charge on any atom is -0.310 e. The number of aryl methyl sites for hydroxylation is 2. The predicted octanol–water partition coefficient (Wildman–Crippen LogP) is 1.87. The molecule has 0 fully saturated rings. The maximum Gasteiger partial charge on any atom is 0.255 e. The lowest BCUT2D eigenvalue weighted by molar-refractivity contribution is -0.116. The Morgan fingerprint density at radius 3 is 2.64 bits per heavy atom. The van der Waals surface area contributed by atoms with Crippen LogP contribution in [-0.4, -0.2) is 25.7 Å². The summed E-state index contributed by atoms with van der Waals surface area (Å²) in [6.45, 7) is 9.24. The summed E-state index contributed by atoms with van der Waals surface area (Å²) in [5.41, 5.74) is 1.71. The average molecular weight is 303 g/mol. The first-order chi connectivity index (χ1) is 10.3. The maximum absolute atomic E-state index is 12.0. The molecular formula is C15H21N5O2. The Hall–Kier alpha value is -2.44. The summed E-state index contributed by atoms with van der Waals surface area (Å²) in [5.74, 6) is 0.954. The summed E-state index contributed by atoms with van der Waals surface area (Å²) in [5, 5.41) is 7.11. The summed E-state index contributed by atoms with van der Waals surface area (Å²) in [7, 11) is 0. The van der Waals surface area contributed by atoms with E-state index in [2.05, 4.69) is 20.4 Å². The molecule has 0 radical (unpaired) electrons. The molecule has 0 aliphatic heterocycles. The monoisotopic (exact) mass is 303 g/mol. The van der Waals surface area contributed by atoms with Crippen LogP contribution >= 0.6 is 0 Å². The van der Waals surface area contributed by atoms with E-state index in [1.54, 1.807) is 19.9 Å². The van der Waals surface area contributed by atoms with Gasteiger partial charge in [0, 0.05) is 23.7 Å². The average Bonchev–Trinajstić information content (AvgIpc) is 2.75. The summed E-state index contributed by atoms with van der Waals surface area (Å²) < 4.78 is 1.45. The standard InChI is InChI=1S/C15H21N5O2/c1-8(2)6-13(21)17-12-7-9(3)19-20(12)15-16-11(5)10(4)14(22)18-15/h7-8H,6H2,1-5H3,(H,17,21)(H,16,18,22). The number of carbonyl (C=O) groups excluding carboxylic acids is 1. The van der Waals surface area contributed by atoms with E-state index in [9.17, 15) is 9.59 Å². The van der Waals surface area contributed by atoms with Gasteiger partial charge in [-0.2, -0.15) is 9.78 Å². The highest BCUT2D eigenvalue weighted by Crippen LogP contribution is 2.15. The molecule has 0 aliphatic carbocycles. The molecule has 2 aromatic heterocycles. The highest BCUT2D eigenvalue weighted by Gasteiger charge is 2.14. The maximum atomic E-state index is 12.0. The molecule has 7 nitrogen and oxygen atoms in total. The number of aromatic amines is 1. The number of rotatable bonds is 4. The lowest BCUT2D eigenvalue weighted by Gasteiger charge is -2.10. The van der Waals surface area contributed by atoms with Crippen molar-refractivity contribution in [2.24, 2.45) is 5.92 Å². The number of nitrogens with one attached hydrogen (secondary N) is 2. The van der Waals surface area contributed by atoms with Crippen molar-refractivity contribution >= 4 is 11.7 Å². The van der Waals surface area contributed by atoms with Gasteiger partial charge in [0.25, 0.3) is 5.56 Å². The zero-order valence-corrected chi connectivity index (χ0v) is 13.5. The van der Waals surface area contributed by atoms with E-state index in [0.29, 0.717) is 29.4 Å². The Balaban J connectivity index is 2.40. The molecule has 0 aromatic carbocycles. The largest absolute Gasteiger partial charge is 0.310 e. The molecule has 2 aromatic rings. The lowest BCUT2D eigenvalue weighted by Crippen LogP contribution is -2.21. The highest BCUT2D eigenvalue weighted by molar-refractivity contribution is 5.90. The van der Waals surface area contributed by atoms with Gasteiger partial charge in [0.05, 0.1) is 5.69 Å². The Morgan fingerprint density at radius 2 is 2.05 bits per heavy atom. The highest BCUT2D eigenvalue weighted by atomic mass is 16.1. The molecule has 0 bridgehead atoms. The minimum atomic E-state index is -0.213. The van der Waals surface area contributed by atoms with Gasteiger partial charge in [-0.15, -0.1) is 0 Å². The minimum absolute atomic E-state index is 0.0951. The van der Waals surface area contributed by atoms with E-state index in [4.69, 9.17) is 0 Å². The van der Waals surface area contributed by atoms with Crippen LogP contribution in [0.4, 0.5) is 5.82 Å². The molecule has 0 saturated heterocycles. The lowest BCUT2D eigenvalue weighted by atomic mass is 10.1. The van der Waals surface area contributed by atoms with Crippen molar-refractivity contribution in [2.75, 3.05) is 5.32 Å². The number of nitrogens with zero attached hydrogens (tertiary/aromatic N) is 3. The fourth-order valence-electron chi connectivity index (χ4n) is 2.05. The van der Waals surface area contributed by atoms with Crippen LogP contribution in [0.25, 0.3) is 5.95 Å². The van der Waals surface area contributed by atoms with E-state index in [-0.39, 0.29) is 17.4 Å². The van der Waals surface area contributed by atoms with Crippen molar-refractivity contribution in [3.05, 3.63) is 33.4 Å². The molecule has 0 atom stereocenters. The van der Waals surface area contributed by atoms with Crippen molar-refractivity contribution in [2.45, 2.75) is 41.0 Å². The quantitative estimate of drug-likeness (QED) is 0.901. The molecule has 0 spiro atoms. The van der Waals surface area contributed by atoms with Crippen molar-refractivity contribution < 1.29 is 4.79 Å². The fraction of sp³-hybridized carbons (Fsp3) is 0.467. The van der Waals surface area contributed by atoms with Gasteiger partial charge in [-0.3, -0.25) is 14.6 Å². The second kappa shape index (κ2) is 6.13. The molecule has 2 rings (SSSR count). The van der Waals surface area contributed by atoms with E-state index in [0.717, 1.165) is 5.69 Å². The second-order valence-corrected chi connectivity index (χ2v) is 5.83. The fourth-order valence-corrected chi connectivity index (χ4v) is 2.05. The Labute approximate surface area is 128 Å². The molecule has 1 amide bonds. The van der Waals surface area contributed by atoms with Crippen LogP contribution < -0.4 is 10.9 Å². The second-order valence-electron chi connectivity index (χ2n) is 5.83. The van der Waals surface area contributed by atoms with Crippen LogP contribution in [0.1, 0.15) is 37.2 Å². The van der Waals surface area contributed by atoms with Gasteiger partial charge in [-0.1, -0.05) is 13.8 Å². The smallest absolute Gasteiger partial charge is 0.255 e. The first kappa shape index (κ1) is 15.9. The number of carbonyl (C=O) groups is 1. The van der Waals surface area contributed by atoms with Crippen LogP contribution in [0.2, 0.25) is 0 Å². The van der Waals surface area contributed by atoms with Crippen LogP contribution in [0.5, 0.6) is 0 Å². The topological polar surface area (TPSA) is 92.7 Å². The summed E-state index contributed by atoms with van der Waals surface area (Å²) in [6, 6.07) is 1.74. The van der Waals surface area contributed by atoms with Gasteiger partial charge in [0.2, 0.25) is 11.9 Å². The van der Waals surface area contributed by atoms with Crippen LogP contribution in [0.3, 0.4) is 0 Å². The van der Waals surface area contributed by atoms with E-state index >= 15 is 0 Å². The van der Waals surface area contributed by atoms with Gasteiger partial charge in [0.1, 0.15) is 5.82 Å². The van der Waals surface area contributed by atoms with Gasteiger partial charge in [-0.05, 0) is 26.7 Å². The van der Waals surface area contributed by atoms with Gasteiger partial charge in [0.15, 0.2) is 0 Å². The number of anilines is 1. The van der Waals surface area contributed by atoms with Gasteiger partial charge < -0.3 is 5.32 Å². The third kappa shape index (κ3) is 3.41. The molecule has 2 heterocycles. The van der Waals surface area contributed by atoms with E-state index in [1.165, 1.54) is 4.68 Å². The zero-order chi connectivity index (χ0) is 16.4. The zero-order valence-electron chi connectivity index (χ0n) is 13.5. The summed E-state index contributed by atoms with van der Waals surface area (Å²) in [6.07, 6.45) is 0.418. The third-order valence-electron chi connectivity index (χ3n) is 3.28. The number of aromatic nitrogens is 4. The molecular weight excluding hydrogens is 282 g/mol. The van der Waals surface area contributed by atoms with Crippen LogP contribution in [-0.2, 0) is 4.79 Å². The molecule has 0 saturated carbocycles. The molecule has 0 aliphatic rings. The molecule has 22 heavy (non-hydrogen) atoms. The van der Waals surface area contributed by atoms with Gasteiger partial charge >= 0.3 is 0 Å². The summed E-state index contributed by atoms with van der Waals surface area (Å²) in [4.78, 5) is 30.9. The Bertz CT molecular complexity index is 758. The van der Waals surface area contributed by atoms with Crippen molar-refractivity contribution in [3.63, 3.8) is 0 Å². The summed E-state index contributed by atoms with van der Waals surface area (Å²) >= 11 is 0. The van der Waals surface area contributed by atoms with Crippen LogP contribution in [0.15, 0.2) is 10.9 Å². The van der Waals surface area contributed by atoms with Crippen molar-refractivity contribution in [3.8, 4) is 5.95 Å². The van der Waals surface area contributed by atoms with Crippen molar-refractivity contribution in [1.29, 1.82) is 0 Å². The van der Waals surface area contributed by atoms with Gasteiger partial charge in [-0.25, -0.2) is 4.98 Å². The third-order valence-corrected chi connectivity index (χ3v) is 3.28. The van der Waals surface area contributed by atoms with Crippen molar-refractivity contribution in [1.82, 2.24) is 19.7 Å². The van der Waals surface area contributed by atoms with E-state index < -0.39 is 0 Å². The first-order valence-electron chi connectivity index (χ1n) is 7.22. The van der Waals surface area contributed by atoms with E-state index in [1.807, 2.05) is 20.8 Å². The van der Waals surface area contributed by atoms with Crippen LogP contribution in [0, 0.1) is 26.7 Å². The Kier molecular flexibility index (Phi) is 4.44. The predicted molar refractivity (Wildman–Crippen MR) is 84.3 cm³/mol. The Morgan fingerprint density at radius 1 is 1.36 bits per heavy atom. The number of hydrogen-bond donors (Lipinski definition) is 2. The number of H-pyrrole nitrogens is 1.